The molecule has 1 fully saturated rings. The molecule has 36 heavy (non-hydrogen) atoms. The van der Waals surface area contributed by atoms with Crippen LogP contribution in [0.5, 0.6) is 0 Å². The van der Waals surface area contributed by atoms with Crippen LogP contribution in [0.4, 0.5) is 4.39 Å². The van der Waals surface area contributed by atoms with Crippen LogP contribution in [0.2, 0.25) is 0 Å². The molecule has 1 unspecified atom stereocenters. The van der Waals surface area contributed by atoms with Crippen molar-refractivity contribution in [1.82, 2.24) is 14.1 Å². The van der Waals surface area contributed by atoms with Crippen LogP contribution in [0.25, 0.3) is 11.8 Å². The van der Waals surface area contributed by atoms with Gasteiger partial charge < -0.3 is 9.47 Å². The van der Waals surface area contributed by atoms with E-state index >= 15 is 0 Å². The highest BCUT2D eigenvalue weighted by Gasteiger charge is 2.46. The van der Waals surface area contributed by atoms with Gasteiger partial charge in [-0.2, -0.15) is 9.40 Å². The number of nitrogens with zero attached hydrogens (tertiary/aromatic N) is 3. The Hall–Kier alpha value is -2.85. The van der Waals surface area contributed by atoms with Gasteiger partial charge in [0, 0.05) is 25.6 Å². The van der Waals surface area contributed by atoms with Gasteiger partial charge in [-0.25, -0.2) is 17.5 Å². The van der Waals surface area contributed by atoms with Gasteiger partial charge in [0.1, 0.15) is 5.82 Å². The molecule has 9 heteroatoms. The van der Waals surface area contributed by atoms with Gasteiger partial charge in [-0.1, -0.05) is 23.3 Å². The Kier molecular flexibility index (Phi) is 6.82. The number of hydrogen-bond acceptors (Lipinski definition) is 5. The number of aromatic nitrogens is 2. The fraction of sp³-hybridized carbons (Fsp3) is 0.370. The van der Waals surface area contributed by atoms with Crippen molar-refractivity contribution in [2.75, 3.05) is 40.0 Å². The van der Waals surface area contributed by atoms with E-state index < -0.39 is 15.4 Å². The van der Waals surface area contributed by atoms with Crippen LogP contribution in [-0.4, -0.2) is 62.5 Å². The molecule has 7 nitrogen and oxygen atoms in total. The van der Waals surface area contributed by atoms with Gasteiger partial charge in [0.2, 0.25) is 10.0 Å². The molecular weight excluding hydrogens is 481 g/mol. The van der Waals surface area contributed by atoms with Crippen molar-refractivity contribution in [1.29, 1.82) is 0 Å². The lowest BCUT2D eigenvalue weighted by molar-refractivity contribution is 0.0147. The maximum absolute atomic E-state index is 13.6. The predicted molar refractivity (Wildman–Crippen MR) is 135 cm³/mol. The Morgan fingerprint density at radius 3 is 2.56 bits per heavy atom. The van der Waals surface area contributed by atoms with Crippen molar-refractivity contribution in [3.05, 3.63) is 82.9 Å². The second-order valence-corrected chi connectivity index (χ2v) is 11.5. The molecule has 1 atom stereocenters. The molecule has 0 spiro atoms. The van der Waals surface area contributed by atoms with E-state index in [-0.39, 0.29) is 5.82 Å². The molecule has 190 valence electrons. The number of fused-ring (bicyclic) bond motifs is 2. The first kappa shape index (κ1) is 24.8. The third kappa shape index (κ3) is 4.64. The van der Waals surface area contributed by atoms with Crippen LogP contribution < -0.4 is 0 Å². The van der Waals surface area contributed by atoms with Crippen LogP contribution >= 0.6 is 0 Å². The highest BCUT2D eigenvalue weighted by molar-refractivity contribution is 7.89. The third-order valence-corrected chi connectivity index (χ3v) is 8.92. The largest absolute Gasteiger partial charge is 0.382 e. The van der Waals surface area contributed by atoms with E-state index in [0.717, 1.165) is 28.1 Å². The number of piperidine rings is 1. The molecule has 1 aromatic heterocycles. The van der Waals surface area contributed by atoms with Crippen molar-refractivity contribution < 1.29 is 22.3 Å². The molecule has 2 aromatic carbocycles. The Balaban J connectivity index is 1.49. The first-order valence-electron chi connectivity index (χ1n) is 12.0. The number of rotatable bonds is 8. The molecule has 3 aromatic rings. The summed E-state index contributed by atoms with van der Waals surface area (Å²) in [7, 11) is -2.03. The highest BCUT2D eigenvalue weighted by atomic mass is 32.2. The Morgan fingerprint density at radius 2 is 1.83 bits per heavy atom. The summed E-state index contributed by atoms with van der Waals surface area (Å²) in [6.07, 6.45) is 5.12. The summed E-state index contributed by atoms with van der Waals surface area (Å²) in [4.78, 5) is 0.302. The minimum absolute atomic E-state index is 0.299. The van der Waals surface area contributed by atoms with Crippen LogP contribution in [-0.2, 0) is 25.9 Å². The van der Waals surface area contributed by atoms with E-state index in [4.69, 9.17) is 9.47 Å². The minimum atomic E-state index is -3.65. The number of benzene rings is 2. The third-order valence-electron chi connectivity index (χ3n) is 7.06. The van der Waals surface area contributed by atoms with Crippen LogP contribution in [0.1, 0.15) is 23.2 Å². The number of sulfonamides is 1. The molecule has 2 aliphatic rings. The molecule has 1 saturated heterocycles. The van der Waals surface area contributed by atoms with Gasteiger partial charge >= 0.3 is 0 Å². The topological polar surface area (TPSA) is 73.7 Å². The van der Waals surface area contributed by atoms with Crippen LogP contribution in [0.15, 0.2) is 65.2 Å². The molecule has 0 saturated carbocycles. The van der Waals surface area contributed by atoms with E-state index in [1.54, 1.807) is 35.7 Å². The van der Waals surface area contributed by atoms with E-state index in [2.05, 4.69) is 11.2 Å². The number of halogens is 1. The Labute approximate surface area is 211 Å². The Bertz CT molecular complexity index is 1370. The summed E-state index contributed by atoms with van der Waals surface area (Å²) in [5.41, 5.74) is 4.38. The number of hydrogen-bond donors (Lipinski definition) is 0. The fourth-order valence-corrected chi connectivity index (χ4v) is 6.61. The van der Waals surface area contributed by atoms with Crippen molar-refractivity contribution in [2.24, 2.45) is 5.41 Å². The summed E-state index contributed by atoms with van der Waals surface area (Å²) in [6, 6.07) is 13.2. The normalized spacial score (nSPS) is 20.0. The first-order chi connectivity index (χ1) is 17.3. The van der Waals surface area contributed by atoms with Crippen molar-refractivity contribution in [3.63, 3.8) is 0 Å². The average Bonchev–Trinajstić information content (AvgIpc) is 3.27. The molecule has 2 heterocycles. The first-order valence-corrected chi connectivity index (χ1v) is 13.4. The maximum atomic E-state index is 13.6. The lowest BCUT2D eigenvalue weighted by atomic mass is 9.69. The van der Waals surface area contributed by atoms with Crippen LogP contribution in [0, 0.1) is 18.2 Å². The molecule has 0 bridgehead atoms. The number of methoxy groups -OCH3 is 1. The van der Waals surface area contributed by atoms with E-state index in [1.807, 2.05) is 29.9 Å². The van der Waals surface area contributed by atoms with Gasteiger partial charge in [-0.3, -0.25) is 0 Å². The van der Waals surface area contributed by atoms with Gasteiger partial charge in [-0.05, 0) is 67.8 Å². The highest BCUT2D eigenvalue weighted by Crippen LogP contribution is 2.45. The summed E-state index contributed by atoms with van der Waals surface area (Å²) >= 11 is 0. The van der Waals surface area contributed by atoms with Crippen LogP contribution in [0.3, 0.4) is 0 Å². The summed E-state index contributed by atoms with van der Waals surface area (Å²) < 4.78 is 55.1. The van der Waals surface area contributed by atoms with Gasteiger partial charge in [-0.15, -0.1) is 0 Å². The summed E-state index contributed by atoms with van der Waals surface area (Å²) in [6.45, 7) is 3.92. The van der Waals surface area contributed by atoms with Crippen molar-refractivity contribution >= 4 is 16.1 Å². The zero-order valence-electron chi connectivity index (χ0n) is 20.5. The van der Waals surface area contributed by atoms with Crippen molar-refractivity contribution in [2.45, 2.75) is 24.7 Å². The second-order valence-electron chi connectivity index (χ2n) is 9.52. The second kappa shape index (κ2) is 9.89. The molecule has 1 aliphatic carbocycles. The molecule has 0 radical (unpaired) electrons. The minimum Gasteiger partial charge on any atom is -0.382 e. The molecule has 1 aliphatic heterocycles. The summed E-state index contributed by atoms with van der Waals surface area (Å²) in [5.74, 6) is -0.299. The van der Waals surface area contributed by atoms with E-state index in [0.29, 0.717) is 50.6 Å². The molecule has 5 rings (SSSR count). The Morgan fingerprint density at radius 1 is 1.08 bits per heavy atom. The van der Waals surface area contributed by atoms with E-state index in [1.165, 1.54) is 12.1 Å². The predicted octanol–water partition coefficient (Wildman–Crippen LogP) is 4.00. The quantitative estimate of drug-likeness (QED) is 0.428. The van der Waals surface area contributed by atoms with Gasteiger partial charge in [0.15, 0.2) is 0 Å². The standard InChI is InChI=1S/C27H30FN3O4S/c1-20-3-9-25(10-4-20)36(32,33)30-12-11-22-15-26-21(16-27(22,18-30)19-35-14-13-34-2)17-29-31(26)24-7-5-23(28)6-8-24/h3-10,15,17H,11-14,16,18-19H2,1-2H3. The van der Waals surface area contributed by atoms with Crippen molar-refractivity contribution in [3.8, 4) is 5.69 Å². The molecular formula is C27H30FN3O4S. The number of ether oxygens (including phenoxy) is 2. The lowest BCUT2D eigenvalue weighted by Gasteiger charge is -2.45. The summed E-state index contributed by atoms with van der Waals surface area (Å²) in [5, 5.41) is 4.58. The average molecular weight is 512 g/mol. The molecule has 0 N–H and O–H groups in total. The monoisotopic (exact) mass is 511 g/mol. The smallest absolute Gasteiger partial charge is 0.243 e. The zero-order chi connectivity index (χ0) is 25.3. The maximum Gasteiger partial charge on any atom is 0.243 e. The number of aryl methyl sites for hydroxylation is 1. The lowest BCUT2D eigenvalue weighted by Crippen LogP contribution is -2.51. The molecule has 0 amide bonds. The van der Waals surface area contributed by atoms with E-state index in [9.17, 15) is 12.8 Å². The van der Waals surface area contributed by atoms with Gasteiger partial charge in [0.05, 0.1) is 42.3 Å². The fourth-order valence-electron chi connectivity index (χ4n) is 5.09. The SMILES string of the molecule is COCCOCC12Cc3cnn(-c4ccc(F)cc4)c3C=C1CCN(S(=O)(=O)c1ccc(C)cc1)C2. The van der Waals surface area contributed by atoms with Gasteiger partial charge in [0.25, 0.3) is 0 Å². The zero-order valence-corrected chi connectivity index (χ0v) is 21.3.